The van der Waals surface area contributed by atoms with E-state index in [4.69, 9.17) is 10.8 Å². The van der Waals surface area contributed by atoms with Crippen LogP contribution in [0.2, 0.25) is 0 Å². The molecule has 0 saturated heterocycles. The molecule has 4 N–H and O–H groups in total. The maximum atomic E-state index is 9.17. The molecule has 13 heavy (non-hydrogen) atoms. The van der Waals surface area contributed by atoms with Crippen molar-refractivity contribution in [2.75, 3.05) is 0 Å². The van der Waals surface area contributed by atoms with Crippen molar-refractivity contribution in [1.82, 2.24) is 0 Å². The Bertz CT molecular complexity index is 301. The highest BCUT2D eigenvalue weighted by molar-refractivity contribution is 5.32. The fourth-order valence-corrected chi connectivity index (χ4v) is 1.81. The highest BCUT2D eigenvalue weighted by atomic mass is 16.3. The third-order valence-electron chi connectivity index (χ3n) is 2.64. The summed E-state index contributed by atoms with van der Waals surface area (Å²) in [6, 6.07) is 6.85. The number of phenolic OH excluding ortho intramolecular Hbond substituents is 1. The van der Waals surface area contributed by atoms with Gasteiger partial charge in [0.25, 0.3) is 0 Å². The summed E-state index contributed by atoms with van der Waals surface area (Å²) < 4.78 is 0. The molecule has 0 heterocycles. The van der Waals surface area contributed by atoms with Gasteiger partial charge in [0.05, 0.1) is 6.10 Å². The minimum absolute atomic E-state index is 0.243. The van der Waals surface area contributed by atoms with E-state index in [0.717, 1.165) is 5.56 Å². The van der Waals surface area contributed by atoms with Crippen LogP contribution in [-0.2, 0) is 5.54 Å². The molecular formula is C10H13NO2. The van der Waals surface area contributed by atoms with Gasteiger partial charge in [0.15, 0.2) is 0 Å². The molecule has 70 valence electrons. The van der Waals surface area contributed by atoms with Gasteiger partial charge < -0.3 is 15.9 Å². The van der Waals surface area contributed by atoms with E-state index >= 15 is 0 Å². The molecule has 2 rings (SSSR count). The molecule has 3 nitrogen and oxygen atoms in total. The average molecular weight is 179 g/mol. The van der Waals surface area contributed by atoms with Crippen molar-refractivity contribution in [3.63, 3.8) is 0 Å². The molecule has 1 aromatic carbocycles. The number of aliphatic hydroxyl groups is 1. The Morgan fingerprint density at radius 2 is 1.77 bits per heavy atom. The van der Waals surface area contributed by atoms with Gasteiger partial charge >= 0.3 is 0 Å². The van der Waals surface area contributed by atoms with Crippen LogP contribution in [0.15, 0.2) is 24.3 Å². The van der Waals surface area contributed by atoms with E-state index in [2.05, 4.69) is 0 Å². The van der Waals surface area contributed by atoms with Crippen molar-refractivity contribution in [3.05, 3.63) is 29.8 Å². The van der Waals surface area contributed by atoms with Crippen molar-refractivity contribution < 1.29 is 10.2 Å². The smallest absolute Gasteiger partial charge is 0.115 e. The molecule has 1 aromatic rings. The van der Waals surface area contributed by atoms with Crippen LogP contribution in [-0.4, -0.2) is 16.3 Å². The van der Waals surface area contributed by atoms with E-state index < -0.39 is 0 Å². The van der Waals surface area contributed by atoms with Gasteiger partial charge in [-0.15, -0.1) is 0 Å². The molecule has 0 unspecified atom stereocenters. The summed E-state index contributed by atoms with van der Waals surface area (Å²) in [5, 5.41) is 18.2. The maximum Gasteiger partial charge on any atom is 0.115 e. The van der Waals surface area contributed by atoms with Crippen molar-refractivity contribution in [3.8, 4) is 5.75 Å². The van der Waals surface area contributed by atoms with Gasteiger partial charge in [-0.05, 0) is 30.5 Å². The quantitative estimate of drug-likeness (QED) is 0.594. The van der Waals surface area contributed by atoms with Crippen LogP contribution in [0.25, 0.3) is 0 Å². The molecule has 0 aliphatic heterocycles. The van der Waals surface area contributed by atoms with Gasteiger partial charge in [-0.3, -0.25) is 0 Å². The standard InChI is InChI=1S/C10H13NO2/c11-10(5-9(13)6-10)7-1-3-8(12)4-2-7/h1-4,9,12-13H,5-6,11H2. The second kappa shape index (κ2) is 2.72. The fourth-order valence-electron chi connectivity index (χ4n) is 1.81. The lowest BCUT2D eigenvalue weighted by molar-refractivity contribution is 0.0209. The summed E-state index contributed by atoms with van der Waals surface area (Å²) in [5.41, 5.74) is 6.62. The van der Waals surface area contributed by atoms with Crippen molar-refractivity contribution in [1.29, 1.82) is 0 Å². The highest BCUT2D eigenvalue weighted by Gasteiger charge is 2.41. The molecule has 1 aliphatic carbocycles. The third-order valence-corrected chi connectivity index (χ3v) is 2.64. The summed E-state index contributed by atoms with van der Waals surface area (Å²) in [7, 11) is 0. The number of phenols is 1. The van der Waals surface area contributed by atoms with E-state index in [1.807, 2.05) is 0 Å². The molecule has 0 spiro atoms. The Morgan fingerprint density at radius 1 is 1.23 bits per heavy atom. The summed E-state index contributed by atoms with van der Waals surface area (Å²) in [4.78, 5) is 0. The van der Waals surface area contributed by atoms with E-state index in [0.29, 0.717) is 12.8 Å². The number of aromatic hydroxyl groups is 1. The van der Waals surface area contributed by atoms with E-state index in [9.17, 15) is 5.11 Å². The molecule has 0 amide bonds. The number of rotatable bonds is 1. The number of nitrogens with two attached hydrogens (primary N) is 1. The first-order valence-electron chi connectivity index (χ1n) is 4.37. The minimum Gasteiger partial charge on any atom is -0.508 e. The third kappa shape index (κ3) is 1.41. The van der Waals surface area contributed by atoms with Crippen molar-refractivity contribution >= 4 is 0 Å². The lowest BCUT2D eigenvalue weighted by Crippen LogP contribution is -2.51. The zero-order valence-electron chi connectivity index (χ0n) is 7.27. The van der Waals surface area contributed by atoms with Crippen LogP contribution in [0.3, 0.4) is 0 Å². The van der Waals surface area contributed by atoms with E-state index in [1.54, 1.807) is 24.3 Å². The Hall–Kier alpha value is -1.06. The normalized spacial score (nSPS) is 32.6. The van der Waals surface area contributed by atoms with Crippen molar-refractivity contribution in [2.45, 2.75) is 24.5 Å². The number of hydrogen-bond acceptors (Lipinski definition) is 3. The maximum absolute atomic E-state index is 9.17. The zero-order chi connectivity index (χ0) is 9.47. The van der Waals surface area contributed by atoms with Crippen molar-refractivity contribution in [2.24, 2.45) is 5.73 Å². The Labute approximate surface area is 76.8 Å². The van der Waals surface area contributed by atoms with Gasteiger partial charge in [0.1, 0.15) is 5.75 Å². The molecule has 1 aliphatic rings. The Kier molecular flexibility index (Phi) is 1.78. The molecule has 0 bridgehead atoms. The van der Waals surface area contributed by atoms with Gasteiger partial charge in [-0.1, -0.05) is 12.1 Å². The summed E-state index contributed by atoms with van der Waals surface area (Å²) in [6.07, 6.45) is 0.953. The van der Waals surface area contributed by atoms with Gasteiger partial charge in [0.2, 0.25) is 0 Å². The molecule has 0 aromatic heterocycles. The SMILES string of the molecule is NC1(c2ccc(O)cc2)CC(O)C1. The monoisotopic (exact) mass is 179 g/mol. The van der Waals surface area contributed by atoms with Gasteiger partial charge in [0, 0.05) is 5.54 Å². The lowest BCUT2D eigenvalue weighted by atomic mass is 9.71. The van der Waals surface area contributed by atoms with Crippen LogP contribution in [0.4, 0.5) is 0 Å². The van der Waals surface area contributed by atoms with Crippen LogP contribution in [0.1, 0.15) is 18.4 Å². The average Bonchev–Trinajstić information content (AvgIpc) is 2.03. The molecular weight excluding hydrogens is 166 g/mol. The van der Waals surface area contributed by atoms with Crippen LogP contribution >= 0.6 is 0 Å². The molecule has 0 atom stereocenters. The molecule has 3 heteroatoms. The predicted molar refractivity (Wildman–Crippen MR) is 49.2 cm³/mol. The van der Waals surface area contributed by atoms with Crippen LogP contribution in [0, 0.1) is 0 Å². The largest absolute Gasteiger partial charge is 0.508 e. The number of hydrogen-bond donors (Lipinski definition) is 3. The van der Waals surface area contributed by atoms with Crippen LogP contribution < -0.4 is 5.73 Å². The summed E-state index contributed by atoms with van der Waals surface area (Å²) in [6.45, 7) is 0. The molecule has 1 saturated carbocycles. The predicted octanol–water partition coefficient (Wildman–Crippen LogP) is 0.701. The zero-order valence-corrected chi connectivity index (χ0v) is 7.27. The fraction of sp³-hybridized carbons (Fsp3) is 0.400. The number of benzene rings is 1. The van der Waals surface area contributed by atoms with E-state index in [1.165, 1.54) is 0 Å². The molecule has 0 radical (unpaired) electrons. The van der Waals surface area contributed by atoms with Crippen LogP contribution in [0.5, 0.6) is 5.75 Å². The first-order chi connectivity index (χ1) is 6.10. The summed E-state index contributed by atoms with van der Waals surface area (Å²) in [5.74, 6) is 0.243. The molecule has 1 fully saturated rings. The summed E-state index contributed by atoms with van der Waals surface area (Å²) >= 11 is 0. The lowest BCUT2D eigenvalue weighted by Gasteiger charge is -2.42. The topological polar surface area (TPSA) is 66.5 Å². The second-order valence-electron chi connectivity index (χ2n) is 3.77. The second-order valence-corrected chi connectivity index (χ2v) is 3.77. The Balaban J connectivity index is 2.22. The minimum atomic E-state index is -0.382. The number of aliphatic hydroxyl groups excluding tert-OH is 1. The highest BCUT2D eigenvalue weighted by Crippen LogP contribution is 2.39. The van der Waals surface area contributed by atoms with Gasteiger partial charge in [-0.25, -0.2) is 0 Å². The van der Waals surface area contributed by atoms with E-state index in [-0.39, 0.29) is 17.4 Å². The Morgan fingerprint density at radius 3 is 2.23 bits per heavy atom. The first kappa shape index (κ1) is 8.53. The van der Waals surface area contributed by atoms with Gasteiger partial charge in [-0.2, -0.15) is 0 Å². The first-order valence-corrected chi connectivity index (χ1v) is 4.37.